The SMILES string of the molecule is Cc1cccc(CN(Cc2ccccc2)C(=O)c2ccn(C)n2)n1. The minimum atomic E-state index is -0.0947. The Kier molecular flexibility index (Phi) is 4.70. The fourth-order valence-corrected chi connectivity index (χ4v) is 2.58. The van der Waals surface area contributed by atoms with Crippen LogP contribution in [0.15, 0.2) is 60.8 Å². The van der Waals surface area contributed by atoms with Gasteiger partial charge in [-0.3, -0.25) is 14.5 Å². The van der Waals surface area contributed by atoms with Crippen molar-refractivity contribution in [3.8, 4) is 0 Å². The van der Waals surface area contributed by atoms with E-state index in [9.17, 15) is 4.79 Å². The number of hydrogen-bond donors (Lipinski definition) is 0. The summed E-state index contributed by atoms with van der Waals surface area (Å²) < 4.78 is 1.64. The van der Waals surface area contributed by atoms with Crippen LogP contribution in [0, 0.1) is 6.92 Å². The summed E-state index contributed by atoms with van der Waals surface area (Å²) in [5, 5.41) is 4.24. The van der Waals surface area contributed by atoms with E-state index in [0.717, 1.165) is 17.0 Å². The van der Waals surface area contributed by atoms with Crippen LogP contribution >= 0.6 is 0 Å². The number of carbonyl (C=O) groups excluding carboxylic acids is 1. The van der Waals surface area contributed by atoms with E-state index in [0.29, 0.717) is 18.8 Å². The zero-order valence-corrected chi connectivity index (χ0v) is 13.9. The molecule has 2 heterocycles. The van der Waals surface area contributed by atoms with Crippen molar-refractivity contribution in [1.29, 1.82) is 0 Å². The maximum Gasteiger partial charge on any atom is 0.275 e. The van der Waals surface area contributed by atoms with Crippen molar-refractivity contribution in [3.63, 3.8) is 0 Å². The highest BCUT2D eigenvalue weighted by Gasteiger charge is 2.19. The highest BCUT2D eigenvalue weighted by Crippen LogP contribution is 2.13. The average Bonchev–Trinajstić information content (AvgIpc) is 3.01. The van der Waals surface area contributed by atoms with Gasteiger partial charge in [0.05, 0.1) is 12.2 Å². The molecule has 0 radical (unpaired) electrons. The van der Waals surface area contributed by atoms with Crippen LogP contribution < -0.4 is 0 Å². The highest BCUT2D eigenvalue weighted by molar-refractivity contribution is 5.92. The molecule has 3 rings (SSSR count). The van der Waals surface area contributed by atoms with Crippen molar-refractivity contribution in [1.82, 2.24) is 19.7 Å². The van der Waals surface area contributed by atoms with Crippen LogP contribution in [0.4, 0.5) is 0 Å². The standard InChI is InChI=1S/C19H20N4O/c1-15-7-6-10-17(20-15)14-23(13-16-8-4-3-5-9-16)19(24)18-11-12-22(2)21-18/h3-12H,13-14H2,1-2H3. The van der Waals surface area contributed by atoms with Crippen molar-refractivity contribution in [3.05, 3.63) is 83.4 Å². The van der Waals surface area contributed by atoms with Gasteiger partial charge in [0.25, 0.3) is 5.91 Å². The minimum Gasteiger partial charge on any atom is -0.327 e. The van der Waals surface area contributed by atoms with Gasteiger partial charge in [-0.1, -0.05) is 36.4 Å². The number of nitrogens with zero attached hydrogens (tertiary/aromatic N) is 4. The number of aryl methyl sites for hydroxylation is 2. The Labute approximate surface area is 141 Å². The third-order valence-electron chi connectivity index (χ3n) is 3.74. The summed E-state index contributed by atoms with van der Waals surface area (Å²) in [6.45, 7) is 2.92. The zero-order valence-electron chi connectivity index (χ0n) is 13.9. The molecule has 0 atom stereocenters. The molecule has 0 saturated carbocycles. The molecule has 5 nitrogen and oxygen atoms in total. The van der Waals surface area contributed by atoms with Crippen LogP contribution in [-0.4, -0.2) is 25.6 Å². The van der Waals surface area contributed by atoms with Gasteiger partial charge >= 0.3 is 0 Å². The molecule has 24 heavy (non-hydrogen) atoms. The van der Waals surface area contributed by atoms with Crippen LogP contribution in [0.2, 0.25) is 0 Å². The molecule has 2 aromatic heterocycles. The summed E-state index contributed by atoms with van der Waals surface area (Å²) in [5.74, 6) is -0.0947. The summed E-state index contributed by atoms with van der Waals surface area (Å²) in [6.07, 6.45) is 1.78. The Bertz CT molecular complexity index is 826. The van der Waals surface area contributed by atoms with Crippen LogP contribution in [0.5, 0.6) is 0 Å². The molecule has 0 bridgehead atoms. The van der Waals surface area contributed by atoms with E-state index in [1.165, 1.54) is 0 Å². The van der Waals surface area contributed by atoms with Crippen molar-refractivity contribution >= 4 is 5.91 Å². The number of rotatable bonds is 5. The Morgan fingerprint density at radius 1 is 1.04 bits per heavy atom. The molecule has 0 fully saturated rings. The molecule has 0 N–H and O–H groups in total. The molecule has 0 aliphatic rings. The second-order valence-electron chi connectivity index (χ2n) is 5.79. The van der Waals surface area contributed by atoms with Crippen molar-refractivity contribution in [2.45, 2.75) is 20.0 Å². The van der Waals surface area contributed by atoms with Gasteiger partial charge in [-0.15, -0.1) is 0 Å². The summed E-state index contributed by atoms with van der Waals surface area (Å²) in [4.78, 5) is 19.2. The lowest BCUT2D eigenvalue weighted by atomic mass is 10.2. The predicted octanol–water partition coefficient (Wildman–Crippen LogP) is 2.97. The zero-order chi connectivity index (χ0) is 16.9. The van der Waals surface area contributed by atoms with Gasteiger partial charge in [-0.2, -0.15) is 5.10 Å². The summed E-state index contributed by atoms with van der Waals surface area (Å²) >= 11 is 0. The second-order valence-corrected chi connectivity index (χ2v) is 5.79. The van der Waals surface area contributed by atoms with E-state index in [2.05, 4.69) is 10.1 Å². The van der Waals surface area contributed by atoms with Gasteiger partial charge in [0.15, 0.2) is 0 Å². The Morgan fingerprint density at radius 3 is 2.50 bits per heavy atom. The van der Waals surface area contributed by atoms with Crippen LogP contribution in [0.3, 0.4) is 0 Å². The molecule has 0 spiro atoms. The summed E-state index contributed by atoms with van der Waals surface area (Å²) in [6, 6.07) is 17.5. The maximum atomic E-state index is 12.9. The Hall–Kier alpha value is -2.95. The van der Waals surface area contributed by atoms with Gasteiger partial charge in [0.1, 0.15) is 5.69 Å². The molecular weight excluding hydrogens is 300 g/mol. The van der Waals surface area contributed by atoms with E-state index in [1.807, 2.05) is 55.5 Å². The summed E-state index contributed by atoms with van der Waals surface area (Å²) in [7, 11) is 1.81. The van der Waals surface area contributed by atoms with E-state index >= 15 is 0 Å². The lowest BCUT2D eigenvalue weighted by Crippen LogP contribution is -2.31. The first-order valence-corrected chi connectivity index (χ1v) is 7.87. The van der Waals surface area contributed by atoms with Gasteiger partial charge < -0.3 is 4.90 Å². The Balaban J connectivity index is 1.86. The molecular formula is C19H20N4O. The molecule has 5 heteroatoms. The number of amides is 1. The van der Waals surface area contributed by atoms with Crippen molar-refractivity contribution in [2.75, 3.05) is 0 Å². The first-order chi connectivity index (χ1) is 11.6. The van der Waals surface area contributed by atoms with Gasteiger partial charge in [-0.05, 0) is 30.7 Å². The fourth-order valence-electron chi connectivity index (χ4n) is 2.58. The molecule has 3 aromatic rings. The molecule has 0 saturated heterocycles. The minimum absolute atomic E-state index is 0.0947. The van der Waals surface area contributed by atoms with Gasteiger partial charge in [0.2, 0.25) is 0 Å². The third-order valence-corrected chi connectivity index (χ3v) is 3.74. The summed E-state index contributed by atoms with van der Waals surface area (Å²) in [5.41, 5.74) is 3.34. The number of benzene rings is 1. The Morgan fingerprint density at radius 2 is 1.83 bits per heavy atom. The second kappa shape index (κ2) is 7.08. The monoisotopic (exact) mass is 320 g/mol. The van der Waals surface area contributed by atoms with Crippen LogP contribution in [-0.2, 0) is 20.1 Å². The molecule has 0 unspecified atom stereocenters. The largest absolute Gasteiger partial charge is 0.327 e. The number of aromatic nitrogens is 3. The average molecular weight is 320 g/mol. The molecule has 0 aliphatic heterocycles. The topological polar surface area (TPSA) is 51.0 Å². The highest BCUT2D eigenvalue weighted by atomic mass is 16.2. The van der Waals surface area contributed by atoms with Crippen molar-refractivity contribution < 1.29 is 4.79 Å². The van der Waals surface area contributed by atoms with E-state index in [4.69, 9.17) is 0 Å². The number of hydrogen-bond acceptors (Lipinski definition) is 3. The van der Waals surface area contributed by atoms with E-state index in [-0.39, 0.29) is 5.91 Å². The molecule has 122 valence electrons. The number of pyridine rings is 1. The molecule has 1 amide bonds. The van der Waals surface area contributed by atoms with Crippen molar-refractivity contribution in [2.24, 2.45) is 7.05 Å². The lowest BCUT2D eigenvalue weighted by molar-refractivity contribution is 0.0721. The normalized spacial score (nSPS) is 10.6. The van der Waals surface area contributed by atoms with E-state index in [1.54, 1.807) is 28.9 Å². The first-order valence-electron chi connectivity index (χ1n) is 7.87. The molecule has 1 aromatic carbocycles. The first kappa shape index (κ1) is 15.9. The van der Waals surface area contributed by atoms with Gasteiger partial charge in [-0.25, -0.2) is 0 Å². The smallest absolute Gasteiger partial charge is 0.275 e. The maximum absolute atomic E-state index is 12.9. The van der Waals surface area contributed by atoms with Crippen LogP contribution in [0.25, 0.3) is 0 Å². The lowest BCUT2D eigenvalue weighted by Gasteiger charge is -2.22. The quantitative estimate of drug-likeness (QED) is 0.726. The number of carbonyl (C=O) groups is 1. The molecule has 0 aliphatic carbocycles. The third kappa shape index (κ3) is 3.87. The predicted molar refractivity (Wildman–Crippen MR) is 92.2 cm³/mol. The van der Waals surface area contributed by atoms with Gasteiger partial charge in [0, 0.05) is 25.5 Å². The van der Waals surface area contributed by atoms with E-state index < -0.39 is 0 Å². The van der Waals surface area contributed by atoms with Crippen LogP contribution in [0.1, 0.15) is 27.4 Å². The fraction of sp³-hybridized carbons (Fsp3) is 0.211.